The average Bonchev–Trinajstić information content (AvgIpc) is 2.82. The van der Waals surface area contributed by atoms with Crippen molar-refractivity contribution in [3.05, 3.63) is 58.9 Å². The van der Waals surface area contributed by atoms with E-state index in [0.29, 0.717) is 69.0 Å². The number of para-hydroxylation sites is 1. The topological polar surface area (TPSA) is 81.7 Å². The molecule has 33 heavy (non-hydrogen) atoms. The Morgan fingerprint density at radius 1 is 1.12 bits per heavy atom. The van der Waals surface area contributed by atoms with Crippen LogP contribution in [0.3, 0.4) is 0 Å². The zero-order chi connectivity index (χ0) is 23.4. The van der Waals surface area contributed by atoms with Crippen molar-refractivity contribution in [3.63, 3.8) is 0 Å². The van der Waals surface area contributed by atoms with Gasteiger partial charge >= 0.3 is 5.97 Å². The number of piperidine rings is 2. The second-order valence-electron chi connectivity index (χ2n) is 9.02. The van der Waals surface area contributed by atoms with Crippen LogP contribution in [0, 0.1) is 17.2 Å². The molecular weight excluding hydrogens is 445 g/mol. The number of amides is 1. The van der Waals surface area contributed by atoms with E-state index < -0.39 is 17.2 Å². The van der Waals surface area contributed by atoms with E-state index >= 15 is 0 Å². The highest BCUT2D eigenvalue weighted by Gasteiger charge is 2.40. The highest BCUT2D eigenvalue weighted by atomic mass is 35.5. The Labute approximate surface area is 198 Å². The predicted octanol–water partition coefficient (Wildman–Crippen LogP) is 4.33. The standard InChI is InChI=1S/C25H29ClFN3O3/c26-19-6-4-17(5-7-19)16-25(10-12-28-13-11-25)24(33)29-22-20(27)2-1-3-21(22)30-14-8-18(9-15-30)23(31)32/h1-7,18,28H,8-16H2,(H,29,33)(H,31,32). The smallest absolute Gasteiger partial charge is 0.306 e. The minimum Gasteiger partial charge on any atom is -0.481 e. The van der Waals surface area contributed by atoms with Crippen molar-refractivity contribution in [3.8, 4) is 0 Å². The largest absolute Gasteiger partial charge is 0.481 e. The molecule has 0 atom stereocenters. The van der Waals surface area contributed by atoms with Crippen molar-refractivity contribution in [2.75, 3.05) is 36.4 Å². The number of carboxylic acid groups (broad SMARTS) is 1. The monoisotopic (exact) mass is 473 g/mol. The lowest BCUT2D eigenvalue weighted by molar-refractivity contribution is -0.142. The molecule has 0 radical (unpaired) electrons. The lowest BCUT2D eigenvalue weighted by Gasteiger charge is -2.37. The maximum Gasteiger partial charge on any atom is 0.306 e. The summed E-state index contributed by atoms with van der Waals surface area (Å²) in [7, 11) is 0. The molecule has 2 aromatic rings. The summed E-state index contributed by atoms with van der Waals surface area (Å²) in [4.78, 5) is 26.9. The van der Waals surface area contributed by atoms with Gasteiger partial charge in [-0.1, -0.05) is 29.8 Å². The Bertz CT molecular complexity index is 1000. The second kappa shape index (κ2) is 10.1. The van der Waals surface area contributed by atoms with Crippen LogP contribution in [-0.4, -0.2) is 43.2 Å². The van der Waals surface area contributed by atoms with Crippen LogP contribution in [0.5, 0.6) is 0 Å². The lowest BCUT2D eigenvalue weighted by Crippen LogP contribution is -2.46. The zero-order valence-corrected chi connectivity index (χ0v) is 19.2. The van der Waals surface area contributed by atoms with E-state index in [1.54, 1.807) is 12.1 Å². The van der Waals surface area contributed by atoms with Gasteiger partial charge in [-0.3, -0.25) is 9.59 Å². The van der Waals surface area contributed by atoms with Crippen LogP contribution < -0.4 is 15.5 Å². The van der Waals surface area contributed by atoms with Gasteiger partial charge in [0.25, 0.3) is 0 Å². The van der Waals surface area contributed by atoms with Gasteiger partial charge in [-0.05, 0) is 75.0 Å². The number of carboxylic acids is 1. The normalized spacial score (nSPS) is 18.7. The highest BCUT2D eigenvalue weighted by Crippen LogP contribution is 2.38. The summed E-state index contributed by atoms with van der Waals surface area (Å²) in [6.45, 7) is 2.44. The summed E-state index contributed by atoms with van der Waals surface area (Å²) >= 11 is 6.03. The van der Waals surface area contributed by atoms with Crippen molar-refractivity contribution >= 4 is 34.9 Å². The van der Waals surface area contributed by atoms with Crippen molar-refractivity contribution in [1.29, 1.82) is 0 Å². The first-order valence-corrected chi connectivity index (χ1v) is 11.8. The molecule has 2 aromatic carbocycles. The summed E-state index contributed by atoms with van der Waals surface area (Å²) in [5, 5.41) is 16.2. The van der Waals surface area contributed by atoms with Crippen LogP contribution in [0.15, 0.2) is 42.5 Å². The number of hydrogen-bond acceptors (Lipinski definition) is 4. The number of rotatable bonds is 6. The number of carbonyl (C=O) groups excluding carboxylic acids is 1. The number of halogens is 2. The molecule has 2 heterocycles. The van der Waals surface area contributed by atoms with E-state index in [1.807, 2.05) is 29.2 Å². The van der Waals surface area contributed by atoms with Crippen LogP contribution in [0.25, 0.3) is 0 Å². The molecular formula is C25H29ClFN3O3. The lowest BCUT2D eigenvalue weighted by atomic mass is 9.73. The molecule has 2 fully saturated rings. The Morgan fingerprint density at radius 3 is 2.42 bits per heavy atom. The number of aliphatic carboxylic acids is 1. The Hall–Kier alpha value is -2.64. The van der Waals surface area contributed by atoms with Crippen molar-refractivity contribution in [2.45, 2.75) is 32.1 Å². The second-order valence-corrected chi connectivity index (χ2v) is 9.46. The number of nitrogens with one attached hydrogen (secondary N) is 2. The third kappa shape index (κ3) is 5.31. The van der Waals surface area contributed by atoms with Gasteiger partial charge in [0, 0.05) is 18.1 Å². The summed E-state index contributed by atoms with van der Waals surface area (Å²) < 4.78 is 15.0. The van der Waals surface area contributed by atoms with E-state index in [4.69, 9.17) is 11.6 Å². The van der Waals surface area contributed by atoms with Crippen molar-refractivity contribution in [2.24, 2.45) is 11.3 Å². The van der Waals surface area contributed by atoms with Gasteiger partial charge < -0.3 is 20.6 Å². The van der Waals surface area contributed by atoms with Gasteiger partial charge in [0.05, 0.1) is 17.0 Å². The Balaban J connectivity index is 1.57. The van der Waals surface area contributed by atoms with Crippen molar-refractivity contribution in [1.82, 2.24) is 5.32 Å². The average molecular weight is 474 g/mol. The molecule has 0 aromatic heterocycles. The van der Waals surface area contributed by atoms with E-state index in [0.717, 1.165) is 5.56 Å². The molecule has 0 spiro atoms. The molecule has 0 saturated carbocycles. The fraction of sp³-hybridized carbons (Fsp3) is 0.440. The quantitative estimate of drug-likeness (QED) is 0.581. The molecule has 2 aliphatic rings. The molecule has 0 bridgehead atoms. The third-order valence-electron chi connectivity index (χ3n) is 6.91. The minimum atomic E-state index is -0.794. The van der Waals surface area contributed by atoms with E-state index in [1.165, 1.54) is 6.07 Å². The van der Waals surface area contributed by atoms with Crippen LogP contribution >= 0.6 is 11.6 Å². The predicted molar refractivity (Wildman–Crippen MR) is 127 cm³/mol. The van der Waals surface area contributed by atoms with Gasteiger partial charge in [0.2, 0.25) is 5.91 Å². The van der Waals surface area contributed by atoms with Crippen LogP contribution in [0.1, 0.15) is 31.2 Å². The molecule has 4 rings (SSSR count). The maximum absolute atomic E-state index is 15.0. The van der Waals surface area contributed by atoms with Gasteiger partial charge in [-0.2, -0.15) is 0 Å². The third-order valence-corrected chi connectivity index (χ3v) is 7.17. The molecule has 0 aliphatic carbocycles. The maximum atomic E-state index is 15.0. The fourth-order valence-corrected chi connectivity index (χ4v) is 5.02. The first-order valence-electron chi connectivity index (χ1n) is 11.4. The van der Waals surface area contributed by atoms with Gasteiger partial charge in [0.1, 0.15) is 11.5 Å². The molecule has 1 amide bonds. The van der Waals surface area contributed by atoms with E-state index in [2.05, 4.69) is 10.6 Å². The minimum absolute atomic E-state index is 0.172. The summed E-state index contributed by atoms with van der Waals surface area (Å²) in [6.07, 6.45) is 2.83. The van der Waals surface area contributed by atoms with E-state index in [-0.39, 0.29) is 17.5 Å². The van der Waals surface area contributed by atoms with Gasteiger partial charge in [0.15, 0.2) is 0 Å². The van der Waals surface area contributed by atoms with Crippen LogP contribution in [0.4, 0.5) is 15.8 Å². The first kappa shape index (κ1) is 23.5. The molecule has 6 nitrogen and oxygen atoms in total. The first-order chi connectivity index (χ1) is 15.9. The molecule has 8 heteroatoms. The SMILES string of the molecule is O=C(O)C1CCN(c2cccc(F)c2NC(=O)C2(Cc3ccc(Cl)cc3)CCNCC2)CC1. The van der Waals surface area contributed by atoms with Gasteiger partial charge in [-0.25, -0.2) is 4.39 Å². The van der Waals surface area contributed by atoms with Crippen LogP contribution in [-0.2, 0) is 16.0 Å². The molecule has 2 saturated heterocycles. The van der Waals surface area contributed by atoms with E-state index in [9.17, 15) is 19.1 Å². The summed E-state index contributed by atoms with van der Waals surface area (Å²) in [5.41, 5.74) is 1.13. The Morgan fingerprint density at radius 2 is 1.79 bits per heavy atom. The van der Waals surface area contributed by atoms with Gasteiger partial charge in [-0.15, -0.1) is 0 Å². The zero-order valence-electron chi connectivity index (χ0n) is 18.4. The number of carbonyl (C=O) groups is 2. The molecule has 0 unspecified atom stereocenters. The molecule has 3 N–H and O–H groups in total. The number of benzene rings is 2. The van der Waals surface area contributed by atoms with Crippen LogP contribution in [0.2, 0.25) is 5.02 Å². The fourth-order valence-electron chi connectivity index (χ4n) is 4.90. The number of anilines is 2. The Kier molecular flexibility index (Phi) is 7.20. The highest BCUT2D eigenvalue weighted by molar-refractivity contribution is 6.30. The molecule has 2 aliphatic heterocycles. The summed E-state index contributed by atoms with van der Waals surface area (Å²) in [5.74, 6) is -1.86. The van der Waals surface area contributed by atoms with Crippen molar-refractivity contribution < 1.29 is 19.1 Å². The summed E-state index contributed by atoms with van der Waals surface area (Å²) in [6, 6.07) is 12.3. The number of nitrogens with zero attached hydrogens (tertiary/aromatic N) is 1. The molecule has 176 valence electrons. The number of hydrogen-bond donors (Lipinski definition) is 3.